The molecule has 3 rings (SSSR count). The number of ether oxygens (including phenoxy) is 2. The molecule has 24 heavy (non-hydrogen) atoms. The molecular weight excluding hydrogens is 306 g/mol. The minimum Gasteiger partial charge on any atom is -0.371 e. The molecule has 1 aromatic rings. The maximum absolute atomic E-state index is 11.5. The topological polar surface area (TPSA) is 54.9 Å². The number of fused-ring (bicyclic) bond motifs is 1. The quantitative estimate of drug-likeness (QED) is 0.786. The number of rotatable bonds is 6. The molecule has 2 aliphatic rings. The smallest absolute Gasteiger partial charge is 0.248 e. The van der Waals surface area contributed by atoms with Crippen LogP contribution >= 0.6 is 0 Å². The lowest BCUT2D eigenvalue weighted by molar-refractivity contribution is -0.138. The first-order valence-electron chi connectivity index (χ1n) is 8.70. The third-order valence-electron chi connectivity index (χ3n) is 4.89. The van der Waals surface area contributed by atoms with Gasteiger partial charge in [-0.15, -0.1) is 0 Å². The van der Waals surface area contributed by atoms with Crippen LogP contribution in [0.3, 0.4) is 0 Å². The van der Waals surface area contributed by atoms with Crippen LogP contribution in [-0.2, 0) is 20.8 Å². The summed E-state index contributed by atoms with van der Waals surface area (Å²) in [5.74, 6) is -0.00722. The number of likely N-dealkylation sites (tertiary alicyclic amines) is 1. The Balaban J connectivity index is 1.44. The molecule has 0 saturated carbocycles. The Hall–Kier alpha value is -1.50. The molecule has 0 N–H and O–H groups in total. The van der Waals surface area contributed by atoms with Crippen LogP contribution in [0.25, 0.3) is 0 Å². The molecule has 2 saturated heterocycles. The van der Waals surface area contributed by atoms with E-state index in [2.05, 4.69) is 16.0 Å². The van der Waals surface area contributed by atoms with Gasteiger partial charge in [-0.05, 0) is 30.9 Å². The average Bonchev–Trinajstić information content (AvgIpc) is 2.98. The van der Waals surface area contributed by atoms with E-state index in [-0.39, 0.29) is 24.7 Å². The van der Waals surface area contributed by atoms with Crippen LogP contribution in [0.5, 0.6) is 0 Å². The van der Waals surface area contributed by atoms with Gasteiger partial charge in [0.25, 0.3) is 0 Å². The van der Waals surface area contributed by atoms with E-state index in [1.165, 1.54) is 5.56 Å². The molecule has 3 heterocycles. The molecule has 0 radical (unpaired) electrons. The number of carbonyl (C=O) groups is 1. The molecule has 3 atom stereocenters. The summed E-state index contributed by atoms with van der Waals surface area (Å²) in [4.78, 5) is 19.8. The molecule has 6 nitrogen and oxygen atoms in total. The number of aromatic nitrogens is 1. The molecule has 0 bridgehead atoms. The minimum absolute atomic E-state index is 0.00722. The van der Waals surface area contributed by atoms with E-state index >= 15 is 0 Å². The van der Waals surface area contributed by atoms with Crippen molar-refractivity contribution < 1.29 is 14.3 Å². The normalized spacial score (nSPS) is 27.0. The summed E-state index contributed by atoms with van der Waals surface area (Å²) < 4.78 is 11.7. The lowest BCUT2D eigenvalue weighted by atomic mass is 9.99. The lowest BCUT2D eigenvalue weighted by Gasteiger charge is -2.36. The van der Waals surface area contributed by atoms with Gasteiger partial charge in [0.05, 0.1) is 18.8 Å². The van der Waals surface area contributed by atoms with E-state index in [0.29, 0.717) is 12.6 Å². The number of hydrogen-bond donors (Lipinski definition) is 0. The summed E-state index contributed by atoms with van der Waals surface area (Å²) in [5.41, 5.74) is 1.26. The molecule has 0 unspecified atom stereocenters. The molecule has 1 amide bonds. The summed E-state index contributed by atoms with van der Waals surface area (Å²) in [5, 5.41) is 0. The first kappa shape index (κ1) is 17.3. The van der Waals surface area contributed by atoms with E-state index in [0.717, 1.165) is 32.4 Å². The first-order chi connectivity index (χ1) is 11.6. The summed E-state index contributed by atoms with van der Waals surface area (Å²) in [7, 11) is 3.48. The van der Waals surface area contributed by atoms with Crippen LogP contribution in [-0.4, -0.2) is 72.8 Å². The van der Waals surface area contributed by atoms with E-state index < -0.39 is 0 Å². The van der Waals surface area contributed by atoms with Crippen molar-refractivity contribution in [3.8, 4) is 0 Å². The number of likely N-dealkylation sites (N-methyl/N-ethyl adjacent to an activating group) is 1. The van der Waals surface area contributed by atoms with Crippen molar-refractivity contribution in [1.29, 1.82) is 0 Å². The summed E-state index contributed by atoms with van der Waals surface area (Å²) >= 11 is 0. The molecule has 1 aromatic heterocycles. The van der Waals surface area contributed by atoms with Crippen LogP contribution in [0.2, 0.25) is 0 Å². The zero-order valence-electron chi connectivity index (χ0n) is 14.6. The van der Waals surface area contributed by atoms with Gasteiger partial charge >= 0.3 is 0 Å². The van der Waals surface area contributed by atoms with Crippen LogP contribution in [0, 0.1) is 0 Å². The largest absolute Gasteiger partial charge is 0.371 e. The fraction of sp³-hybridized carbons (Fsp3) is 0.667. The lowest BCUT2D eigenvalue weighted by Crippen LogP contribution is -2.43. The van der Waals surface area contributed by atoms with Gasteiger partial charge in [-0.3, -0.25) is 14.7 Å². The summed E-state index contributed by atoms with van der Waals surface area (Å²) in [6.07, 6.45) is 7.33. The van der Waals surface area contributed by atoms with Crippen molar-refractivity contribution in [1.82, 2.24) is 14.8 Å². The van der Waals surface area contributed by atoms with E-state index in [1.54, 1.807) is 19.0 Å². The van der Waals surface area contributed by atoms with Crippen LogP contribution in [0.1, 0.15) is 24.8 Å². The second-order valence-electron chi connectivity index (χ2n) is 6.86. The molecule has 0 aromatic carbocycles. The van der Waals surface area contributed by atoms with Gasteiger partial charge in [-0.1, -0.05) is 6.07 Å². The number of nitrogens with zero attached hydrogens (tertiary/aromatic N) is 3. The van der Waals surface area contributed by atoms with Crippen molar-refractivity contribution in [2.24, 2.45) is 0 Å². The van der Waals surface area contributed by atoms with Gasteiger partial charge in [-0.2, -0.15) is 0 Å². The maximum atomic E-state index is 11.5. The SMILES string of the molecule is CN(C)C(=O)COC[C@H]1CC[C@H]2[C@H](CCN2Cc2cccnc2)O1. The first-order valence-corrected chi connectivity index (χ1v) is 8.70. The third kappa shape index (κ3) is 4.32. The maximum Gasteiger partial charge on any atom is 0.248 e. The van der Waals surface area contributed by atoms with Crippen molar-refractivity contribution in [3.63, 3.8) is 0 Å². The highest BCUT2D eigenvalue weighted by molar-refractivity contribution is 5.76. The van der Waals surface area contributed by atoms with Crippen molar-refractivity contribution in [2.75, 3.05) is 33.9 Å². The summed E-state index contributed by atoms with van der Waals surface area (Å²) in [6, 6.07) is 4.61. The Morgan fingerprint density at radius 3 is 3.04 bits per heavy atom. The predicted molar refractivity (Wildman–Crippen MR) is 90.5 cm³/mol. The van der Waals surface area contributed by atoms with E-state index in [9.17, 15) is 4.79 Å². The second-order valence-corrected chi connectivity index (χ2v) is 6.86. The van der Waals surface area contributed by atoms with Crippen LogP contribution in [0.15, 0.2) is 24.5 Å². The number of pyridine rings is 1. The number of amides is 1. The molecule has 2 fully saturated rings. The van der Waals surface area contributed by atoms with E-state index in [1.807, 2.05) is 18.5 Å². The molecule has 2 aliphatic heterocycles. The Bertz CT molecular complexity index is 538. The van der Waals surface area contributed by atoms with E-state index in [4.69, 9.17) is 9.47 Å². The zero-order chi connectivity index (χ0) is 16.9. The van der Waals surface area contributed by atoms with Gasteiger partial charge in [-0.25, -0.2) is 0 Å². The molecule has 132 valence electrons. The van der Waals surface area contributed by atoms with Gasteiger partial charge < -0.3 is 14.4 Å². The average molecular weight is 333 g/mol. The van der Waals surface area contributed by atoms with Gasteiger partial charge in [0.15, 0.2) is 0 Å². The Kier molecular flexibility index (Phi) is 5.81. The molecular formula is C18H27N3O3. The molecule has 6 heteroatoms. The highest BCUT2D eigenvalue weighted by Crippen LogP contribution is 2.32. The molecule has 0 spiro atoms. The second kappa shape index (κ2) is 8.05. The van der Waals surface area contributed by atoms with Crippen molar-refractivity contribution >= 4 is 5.91 Å². The van der Waals surface area contributed by atoms with Crippen LogP contribution in [0.4, 0.5) is 0 Å². The monoisotopic (exact) mass is 333 g/mol. The van der Waals surface area contributed by atoms with Gasteiger partial charge in [0.2, 0.25) is 5.91 Å². The van der Waals surface area contributed by atoms with Crippen molar-refractivity contribution in [3.05, 3.63) is 30.1 Å². The fourth-order valence-corrected chi connectivity index (χ4v) is 3.54. The molecule has 0 aliphatic carbocycles. The third-order valence-corrected chi connectivity index (χ3v) is 4.89. The predicted octanol–water partition coefficient (Wildman–Crippen LogP) is 1.31. The Morgan fingerprint density at radius 2 is 2.29 bits per heavy atom. The summed E-state index contributed by atoms with van der Waals surface area (Å²) in [6.45, 7) is 2.65. The highest BCUT2D eigenvalue weighted by atomic mass is 16.5. The van der Waals surface area contributed by atoms with Gasteiger partial charge in [0, 0.05) is 45.6 Å². The van der Waals surface area contributed by atoms with Crippen LogP contribution < -0.4 is 0 Å². The Labute approximate surface area is 143 Å². The minimum atomic E-state index is -0.00722. The highest BCUT2D eigenvalue weighted by Gasteiger charge is 2.39. The zero-order valence-corrected chi connectivity index (χ0v) is 14.6. The number of hydrogen-bond acceptors (Lipinski definition) is 5. The fourth-order valence-electron chi connectivity index (χ4n) is 3.54. The van der Waals surface area contributed by atoms with Gasteiger partial charge in [0.1, 0.15) is 6.61 Å². The number of carbonyl (C=O) groups excluding carboxylic acids is 1. The van der Waals surface area contributed by atoms with Crippen molar-refractivity contribution in [2.45, 2.75) is 44.1 Å². The standard InChI is InChI=1S/C18H27N3O3/c1-20(2)18(22)13-23-12-15-5-6-16-17(24-15)7-9-21(16)11-14-4-3-8-19-10-14/h3-4,8,10,15-17H,5-7,9,11-13H2,1-2H3/t15-,16+,17+/m1/s1. The Morgan fingerprint density at radius 1 is 1.42 bits per heavy atom.